The van der Waals surface area contributed by atoms with Crippen LogP contribution in [0.4, 0.5) is 0 Å². The molecule has 0 saturated heterocycles. The van der Waals surface area contributed by atoms with Gasteiger partial charge in [-0.2, -0.15) is 0 Å². The van der Waals surface area contributed by atoms with Crippen LogP contribution in [0.1, 0.15) is 16.7 Å². The quantitative estimate of drug-likeness (QED) is 0.838. The lowest BCUT2D eigenvalue weighted by Gasteiger charge is -2.21. The Hall–Kier alpha value is -2.69. The molecule has 132 valence electrons. The summed E-state index contributed by atoms with van der Waals surface area (Å²) >= 11 is 0. The Morgan fingerprint density at radius 2 is 1.84 bits per heavy atom. The summed E-state index contributed by atoms with van der Waals surface area (Å²) < 4.78 is 16.8. The molecule has 25 heavy (non-hydrogen) atoms. The van der Waals surface area contributed by atoms with E-state index in [0.29, 0.717) is 19.8 Å². The van der Waals surface area contributed by atoms with Crippen LogP contribution in [-0.4, -0.2) is 37.7 Å². The molecule has 0 bridgehead atoms. The molecule has 5 nitrogen and oxygen atoms in total. The molecule has 1 heterocycles. The average Bonchev–Trinajstić information content (AvgIpc) is 2.60. The van der Waals surface area contributed by atoms with Crippen molar-refractivity contribution in [3.8, 4) is 17.2 Å². The van der Waals surface area contributed by atoms with E-state index in [4.69, 9.17) is 14.2 Å². The van der Waals surface area contributed by atoms with E-state index in [1.807, 2.05) is 50.2 Å². The Kier molecular flexibility index (Phi) is 5.12. The average molecular weight is 341 g/mol. The van der Waals surface area contributed by atoms with Gasteiger partial charge in [-0.1, -0.05) is 23.8 Å². The number of aryl methyl sites for hydroxylation is 2. The fraction of sp³-hybridized carbons (Fsp3) is 0.350. The summed E-state index contributed by atoms with van der Waals surface area (Å²) in [7, 11) is 1.77. The molecule has 1 aliphatic rings. The third-order valence-electron chi connectivity index (χ3n) is 4.13. The topological polar surface area (TPSA) is 48.0 Å². The van der Waals surface area contributed by atoms with E-state index in [1.165, 1.54) is 5.56 Å². The van der Waals surface area contributed by atoms with Gasteiger partial charge in [0.25, 0.3) is 5.91 Å². The minimum atomic E-state index is -0.0742. The van der Waals surface area contributed by atoms with Crippen LogP contribution in [0.25, 0.3) is 0 Å². The van der Waals surface area contributed by atoms with Crippen molar-refractivity contribution in [2.45, 2.75) is 20.4 Å². The smallest absolute Gasteiger partial charge is 0.260 e. The Morgan fingerprint density at radius 1 is 1.08 bits per heavy atom. The normalized spacial score (nSPS) is 12.6. The number of carbonyl (C=O) groups excluding carboxylic acids is 1. The van der Waals surface area contributed by atoms with Crippen LogP contribution in [0, 0.1) is 13.8 Å². The standard InChI is InChI=1S/C20H23NO4/c1-14-4-6-17(15(2)10-14)25-13-20(22)21(3)12-16-5-7-18-19(11-16)24-9-8-23-18/h4-7,10-11H,8-9,12-13H2,1-3H3. The lowest BCUT2D eigenvalue weighted by atomic mass is 10.1. The maximum atomic E-state index is 12.3. The summed E-state index contributed by atoms with van der Waals surface area (Å²) in [5.74, 6) is 2.15. The molecule has 0 radical (unpaired) electrons. The summed E-state index contributed by atoms with van der Waals surface area (Å²) in [5.41, 5.74) is 3.20. The fourth-order valence-electron chi connectivity index (χ4n) is 2.76. The number of carbonyl (C=O) groups is 1. The van der Waals surface area contributed by atoms with Crippen LogP contribution in [0.15, 0.2) is 36.4 Å². The molecule has 1 aliphatic heterocycles. The largest absolute Gasteiger partial charge is 0.486 e. The number of benzene rings is 2. The van der Waals surface area contributed by atoms with Gasteiger partial charge in [0, 0.05) is 13.6 Å². The monoisotopic (exact) mass is 341 g/mol. The number of rotatable bonds is 5. The highest BCUT2D eigenvalue weighted by Crippen LogP contribution is 2.31. The highest BCUT2D eigenvalue weighted by atomic mass is 16.6. The van der Waals surface area contributed by atoms with Gasteiger partial charge in [0.1, 0.15) is 19.0 Å². The molecule has 0 N–H and O–H groups in total. The Balaban J connectivity index is 1.57. The van der Waals surface area contributed by atoms with Crippen LogP contribution in [0.2, 0.25) is 0 Å². The molecule has 0 spiro atoms. The Labute approximate surface area is 148 Å². The minimum absolute atomic E-state index is 0.0188. The third-order valence-corrected chi connectivity index (χ3v) is 4.13. The van der Waals surface area contributed by atoms with Gasteiger partial charge >= 0.3 is 0 Å². The van der Waals surface area contributed by atoms with Gasteiger partial charge in [0.2, 0.25) is 0 Å². The zero-order valence-corrected chi connectivity index (χ0v) is 14.9. The summed E-state index contributed by atoms with van der Waals surface area (Å²) in [5, 5.41) is 0. The highest BCUT2D eigenvalue weighted by Gasteiger charge is 2.15. The number of amides is 1. The zero-order valence-electron chi connectivity index (χ0n) is 14.9. The van der Waals surface area contributed by atoms with E-state index in [1.54, 1.807) is 11.9 Å². The van der Waals surface area contributed by atoms with Gasteiger partial charge in [0.05, 0.1) is 0 Å². The van der Waals surface area contributed by atoms with E-state index in [2.05, 4.69) is 0 Å². The predicted molar refractivity (Wildman–Crippen MR) is 95.3 cm³/mol. The first-order chi connectivity index (χ1) is 12.0. The summed E-state index contributed by atoms with van der Waals surface area (Å²) in [6, 6.07) is 11.7. The van der Waals surface area contributed by atoms with Crippen LogP contribution in [0.5, 0.6) is 17.2 Å². The van der Waals surface area contributed by atoms with Crippen molar-refractivity contribution < 1.29 is 19.0 Å². The van der Waals surface area contributed by atoms with Gasteiger partial charge in [-0.05, 0) is 43.2 Å². The first kappa shape index (κ1) is 17.1. The molecule has 3 rings (SSSR count). The van der Waals surface area contributed by atoms with Crippen molar-refractivity contribution in [3.63, 3.8) is 0 Å². The lowest BCUT2D eigenvalue weighted by molar-refractivity contribution is -0.132. The molecule has 0 aromatic heterocycles. The second-order valence-corrected chi connectivity index (χ2v) is 6.29. The van der Waals surface area contributed by atoms with Crippen molar-refractivity contribution >= 4 is 5.91 Å². The second kappa shape index (κ2) is 7.47. The van der Waals surface area contributed by atoms with Crippen LogP contribution < -0.4 is 14.2 Å². The van der Waals surface area contributed by atoms with E-state index < -0.39 is 0 Å². The van der Waals surface area contributed by atoms with Crippen LogP contribution in [0.3, 0.4) is 0 Å². The van der Waals surface area contributed by atoms with Crippen LogP contribution in [-0.2, 0) is 11.3 Å². The van der Waals surface area contributed by atoms with E-state index in [0.717, 1.165) is 28.4 Å². The summed E-state index contributed by atoms with van der Waals surface area (Å²) in [6.07, 6.45) is 0. The maximum absolute atomic E-state index is 12.3. The Bertz CT molecular complexity index is 772. The number of hydrogen-bond donors (Lipinski definition) is 0. The lowest BCUT2D eigenvalue weighted by Crippen LogP contribution is -2.31. The molecule has 2 aromatic carbocycles. The van der Waals surface area contributed by atoms with Crippen molar-refractivity contribution in [2.75, 3.05) is 26.9 Å². The molecule has 2 aromatic rings. The van der Waals surface area contributed by atoms with Gasteiger partial charge in [-0.15, -0.1) is 0 Å². The van der Waals surface area contributed by atoms with Gasteiger partial charge in [0.15, 0.2) is 18.1 Å². The highest BCUT2D eigenvalue weighted by molar-refractivity contribution is 5.77. The third kappa shape index (κ3) is 4.24. The number of likely N-dealkylation sites (N-methyl/N-ethyl adjacent to an activating group) is 1. The molecule has 0 unspecified atom stereocenters. The van der Waals surface area contributed by atoms with Gasteiger partial charge < -0.3 is 19.1 Å². The number of ether oxygens (including phenoxy) is 3. The van der Waals surface area contributed by atoms with E-state index >= 15 is 0 Å². The van der Waals surface area contributed by atoms with Crippen molar-refractivity contribution in [3.05, 3.63) is 53.1 Å². The number of fused-ring (bicyclic) bond motifs is 1. The number of hydrogen-bond acceptors (Lipinski definition) is 4. The van der Waals surface area contributed by atoms with Crippen molar-refractivity contribution in [2.24, 2.45) is 0 Å². The molecule has 0 saturated carbocycles. The van der Waals surface area contributed by atoms with Gasteiger partial charge in [-0.3, -0.25) is 4.79 Å². The molecule has 0 atom stereocenters. The number of nitrogens with zero attached hydrogens (tertiary/aromatic N) is 1. The SMILES string of the molecule is Cc1ccc(OCC(=O)N(C)Cc2ccc3c(c2)OCCO3)c(C)c1. The molecule has 0 aliphatic carbocycles. The zero-order chi connectivity index (χ0) is 17.8. The first-order valence-electron chi connectivity index (χ1n) is 8.35. The molecule has 1 amide bonds. The molecule has 0 fully saturated rings. The van der Waals surface area contributed by atoms with E-state index in [-0.39, 0.29) is 12.5 Å². The fourth-order valence-corrected chi connectivity index (χ4v) is 2.76. The first-order valence-corrected chi connectivity index (χ1v) is 8.35. The van der Waals surface area contributed by atoms with Crippen molar-refractivity contribution in [1.82, 2.24) is 4.90 Å². The summed E-state index contributed by atoms with van der Waals surface area (Å²) in [4.78, 5) is 14.0. The maximum Gasteiger partial charge on any atom is 0.260 e. The Morgan fingerprint density at radius 3 is 2.60 bits per heavy atom. The van der Waals surface area contributed by atoms with E-state index in [9.17, 15) is 4.79 Å². The molecular formula is C20H23NO4. The van der Waals surface area contributed by atoms with Gasteiger partial charge in [-0.25, -0.2) is 0 Å². The summed E-state index contributed by atoms with van der Waals surface area (Å²) in [6.45, 7) is 5.64. The molecule has 5 heteroatoms. The predicted octanol–water partition coefficient (Wildman–Crippen LogP) is 3.11. The second-order valence-electron chi connectivity index (χ2n) is 6.29. The van der Waals surface area contributed by atoms with Crippen LogP contribution >= 0.6 is 0 Å². The molecular weight excluding hydrogens is 318 g/mol. The van der Waals surface area contributed by atoms with Crippen molar-refractivity contribution in [1.29, 1.82) is 0 Å². The minimum Gasteiger partial charge on any atom is -0.486 e.